The first kappa shape index (κ1) is 45.4. The molecule has 1 heteroatoms. The van der Waals surface area contributed by atoms with Crippen LogP contribution >= 0.6 is 0 Å². The Balaban J connectivity index is -0.0000000131. The minimum Gasteiger partial charge on any atom is -0.358 e. The van der Waals surface area contributed by atoms with Crippen LogP contribution in [-0.2, 0) is 32.7 Å². The van der Waals surface area contributed by atoms with Gasteiger partial charge in [-0.2, -0.15) is 6.92 Å². The van der Waals surface area contributed by atoms with E-state index in [1.54, 1.807) is 6.92 Å². The second-order valence-electron chi connectivity index (χ2n) is 1.15. The van der Waals surface area contributed by atoms with Gasteiger partial charge in [-0.05, 0) is 0 Å². The Morgan fingerprint density at radius 1 is 0.600 bits per heavy atom. The average molecular weight is 288 g/mol. The van der Waals surface area contributed by atoms with E-state index < -0.39 is 0 Å². The van der Waals surface area contributed by atoms with Gasteiger partial charge in [-0.1, -0.05) is 65.1 Å². The van der Waals surface area contributed by atoms with Crippen LogP contribution in [0.15, 0.2) is 36.4 Å². The molecule has 0 spiro atoms. The van der Waals surface area contributed by atoms with Gasteiger partial charge in [0.05, 0.1) is 0 Å². The molecule has 1 aromatic rings. The molecule has 0 N–H and O–H groups in total. The Morgan fingerprint density at radius 2 is 0.667 bits per heavy atom. The molecule has 0 saturated carbocycles. The first-order valence-corrected chi connectivity index (χ1v) is 3.71. The van der Waals surface area contributed by atoms with Gasteiger partial charge in [-0.3, -0.25) is 0 Å². The molecule has 15 heavy (non-hydrogen) atoms. The minimum atomic E-state index is 0. The first-order valence-electron chi connectivity index (χ1n) is 3.71. The summed E-state index contributed by atoms with van der Waals surface area (Å²) in [7, 11) is 0. The van der Waals surface area contributed by atoms with Gasteiger partial charge >= 0.3 is 32.7 Å². The molecule has 0 unspecified atom stereocenters. The topological polar surface area (TPSA) is 0 Å². The zero-order valence-corrected chi connectivity index (χ0v) is 12.6. The molecule has 0 saturated heterocycles. The van der Waals surface area contributed by atoms with Crippen molar-refractivity contribution in [1.82, 2.24) is 0 Å². The summed E-state index contributed by atoms with van der Waals surface area (Å²) in [5.74, 6) is 0. The third kappa shape index (κ3) is 54.4. The Labute approximate surface area is 126 Å². The molecule has 90 valence electrons. The molecular formula is C14H31Y. The largest absolute Gasteiger partial charge is 3.00 e. The fourth-order valence-electron chi connectivity index (χ4n) is 0.385. The predicted molar refractivity (Wildman–Crippen MR) is 75.1 cm³/mol. The van der Waals surface area contributed by atoms with Crippen LogP contribution in [0.2, 0.25) is 0 Å². The van der Waals surface area contributed by atoms with Gasteiger partial charge in [0, 0.05) is 0 Å². The molecule has 0 aliphatic carbocycles. The summed E-state index contributed by atoms with van der Waals surface area (Å²) in [6.07, 6.45) is 0. The molecule has 1 rings (SSSR count). The summed E-state index contributed by atoms with van der Waals surface area (Å²) < 4.78 is 0. The van der Waals surface area contributed by atoms with Gasteiger partial charge in [0.1, 0.15) is 0 Å². The summed E-state index contributed by atoms with van der Waals surface area (Å²) in [6, 6.07) is 12.0. The first-order chi connectivity index (χ1) is 5.00. The van der Waals surface area contributed by atoms with Gasteiger partial charge in [0.15, 0.2) is 0 Å². The molecular weight excluding hydrogens is 257 g/mol. The van der Waals surface area contributed by atoms with E-state index in [1.807, 2.05) is 50.2 Å². The molecule has 0 fully saturated rings. The Morgan fingerprint density at radius 3 is 0.733 bits per heavy atom. The summed E-state index contributed by atoms with van der Waals surface area (Å²) in [4.78, 5) is 0. The Kier molecular flexibility index (Phi) is 192. The molecule has 1 aromatic carbocycles. The van der Waals surface area contributed by atoms with Crippen molar-refractivity contribution in [3.8, 4) is 0 Å². The van der Waals surface area contributed by atoms with Crippen LogP contribution < -0.4 is 0 Å². The predicted octanol–water partition coefficient (Wildman–Crippen LogP) is 5.72. The smallest absolute Gasteiger partial charge is 0.358 e. The van der Waals surface area contributed by atoms with Crippen molar-refractivity contribution in [3.63, 3.8) is 0 Å². The van der Waals surface area contributed by atoms with Gasteiger partial charge in [0.25, 0.3) is 0 Å². The molecule has 0 heterocycles. The molecule has 0 aliphatic heterocycles. The molecule has 0 amide bonds. The second kappa shape index (κ2) is 63.6. The van der Waals surface area contributed by atoms with Crippen molar-refractivity contribution in [2.75, 3.05) is 0 Å². The van der Waals surface area contributed by atoms with E-state index in [0.717, 1.165) is 0 Å². The van der Waals surface area contributed by atoms with E-state index >= 15 is 0 Å². The van der Waals surface area contributed by atoms with E-state index in [1.165, 1.54) is 0 Å². The van der Waals surface area contributed by atoms with E-state index in [4.69, 9.17) is 0 Å². The van der Waals surface area contributed by atoms with Gasteiger partial charge < -0.3 is 21.8 Å². The van der Waals surface area contributed by atoms with Crippen molar-refractivity contribution in [2.45, 2.75) is 35.6 Å². The molecule has 0 aromatic heterocycles. The van der Waals surface area contributed by atoms with Crippen molar-refractivity contribution < 1.29 is 32.7 Å². The van der Waals surface area contributed by atoms with Crippen LogP contribution in [-0.4, -0.2) is 0 Å². The Bertz CT molecular complexity index is 77.3. The molecule has 0 atom stereocenters. The van der Waals surface area contributed by atoms with Crippen LogP contribution in [0.25, 0.3) is 0 Å². The standard InChI is InChI=1S/C6H6.C2H6.C2H5.2CH4.2CH3.Y/c1-2-4-6-5-3-1;2*1-2;;;;;/h1-6H;1-2H3;1H2,2H3;2*1H4;2*1H3;/q;;-1;;;2*-1;+3. The van der Waals surface area contributed by atoms with Crippen LogP contribution in [0.5, 0.6) is 0 Å². The van der Waals surface area contributed by atoms with Crippen molar-refractivity contribution >= 4 is 0 Å². The fourth-order valence-corrected chi connectivity index (χ4v) is 0.385. The zero-order valence-electron chi connectivity index (χ0n) is 9.75. The van der Waals surface area contributed by atoms with Gasteiger partial charge in [-0.25, -0.2) is 0 Å². The maximum Gasteiger partial charge on any atom is 3.00 e. The number of hydrogen-bond acceptors (Lipinski definition) is 0. The van der Waals surface area contributed by atoms with E-state index in [2.05, 4.69) is 6.92 Å². The monoisotopic (exact) mass is 288 g/mol. The van der Waals surface area contributed by atoms with Crippen molar-refractivity contribution in [2.24, 2.45) is 0 Å². The second-order valence-corrected chi connectivity index (χ2v) is 1.15. The van der Waals surface area contributed by atoms with E-state index in [0.29, 0.717) is 0 Å². The van der Waals surface area contributed by atoms with Gasteiger partial charge in [0.2, 0.25) is 0 Å². The molecule has 0 bridgehead atoms. The van der Waals surface area contributed by atoms with Crippen LogP contribution in [0, 0.1) is 21.8 Å². The maximum absolute atomic E-state index is 3.25. The number of benzene rings is 1. The SMILES string of the molecule is C.C.CC.[CH2-]C.[CH3-].[CH3-].[Y+3].c1ccccc1. The Hall–Kier alpha value is 0.324. The third-order valence-electron chi connectivity index (χ3n) is 0.667. The minimum absolute atomic E-state index is 0. The maximum atomic E-state index is 3.25. The number of rotatable bonds is 0. The van der Waals surface area contributed by atoms with Crippen LogP contribution in [0.1, 0.15) is 35.6 Å². The normalized spacial score (nSPS) is 4.00. The average Bonchev–Trinajstić information content (AvgIpc) is 2.14. The summed E-state index contributed by atoms with van der Waals surface area (Å²) in [6.45, 7) is 9.00. The van der Waals surface area contributed by atoms with Gasteiger partial charge in [-0.15, -0.1) is 0 Å². The van der Waals surface area contributed by atoms with Crippen LogP contribution in [0.4, 0.5) is 0 Å². The summed E-state index contributed by atoms with van der Waals surface area (Å²) in [5, 5.41) is 0. The zero-order chi connectivity index (χ0) is 8.24. The quantitative estimate of drug-likeness (QED) is 0.535. The van der Waals surface area contributed by atoms with E-state index in [9.17, 15) is 0 Å². The van der Waals surface area contributed by atoms with E-state index in [-0.39, 0.29) is 62.4 Å². The molecule has 0 nitrogen and oxygen atoms in total. The summed E-state index contributed by atoms with van der Waals surface area (Å²) >= 11 is 0. The number of hydrogen-bond donors (Lipinski definition) is 0. The van der Waals surface area contributed by atoms with Crippen molar-refractivity contribution in [3.05, 3.63) is 58.2 Å². The fraction of sp³-hybridized carbons (Fsp3) is 0.357. The third-order valence-corrected chi connectivity index (χ3v) is 0.667. The molecule has 0 radical (unpaired) electrons. The molecule has 0 aliphatic rings. The summed E-state index contributed by atoms with van der Waals surface area (Å²) in [5.41, 5.74) is 0. The van der Waals surface area contributed by atoms with Crippen LogP contribution in [0.3, 0.4) is 0 Å². The van der Waals surface area contributed by atoms with Crippen molar-refractivity contribution in [1.29, 1.82) is 0 Å².